The van der Waals surface area contributed by atoms with Crippen molar-refractivity contribution in [2.24, 2.45) is 0 Å². The Morgan fingerprint density at radius 3 is 2.47 bits per heavy atom. The van der Waals surface area contributed by atoms with E-state index in [0.717, 1.165) is 5.56 Å². The second kappa shape index (κ2) is 6.24. The van der Waals surface area contributed by atoms with Crippen LogP contribution in [0.4, 0.5) is 4.39 Å². The van der Waals surface area contributed by atoms with Crippen LogP contribution in [0.25, 0.3) is 0 Å². The van der Waals surface area contributed by atoms with E-state index in [1.807, 2.05) is 30.3 Å². The average Bonchev–Trinajstić information content (AvgIpc) is 2.43. The van der Waals surface area contributed by atoms with E-state index in [0.29, 0.717) is 0 Å². The highest BCUT2D eigenvalue weighted by atomic mass is 35.5. The van der Waals surface area contributed by atoms with Gasteiger partial charge in [-0.1, -0.05) is 53.5 Å². The summed E-state index contributed by atoms with van der Waals surface area (Å²) in [4.78, 5) is 0. The lowest BCUT2D eigenvalue weighted by molar-refractivity contribution is 0.277. The van der Waals surface area contributed by atoms with E-state index in [4.69, 9.17) is 33.0 Å². The van der Waals surface area contributed by atoms with Gasteiger partial charge in [-0.25, -0.2) is 4.39 Å². The standard InChI is InChI=1S/C14H11Cl2FO2/c15-11-6-12(14(17)13(16)10(11)7-18)19-8-9-4-2-1-3-5-9/h1-6,18H,7-8H2. The van der Waals surface area contributed by atoms with Gasteiger partial charge in [0, 0.05) is 11.6 Å². The quantitative estimate of drug-likeness (QED) is 0.857. The number of aliphatic hydroxyl groups is 1. The number of aliphatic hydroxyl groups excluding tert-OH is 1. The van der Waals surface area contributed by atoms with Gasteiger partial charge in [-0.05, 0) is 5.56 Å². The number of benzene rings is 2. The molecule has 0 atom stereocenters. The molecule has 2 rings (SSSR count). The van der Waals surface area contributed by atoms with Crippen molar-refractivity contribution in [1.29, 1.82) is 0 Å². The Morgan fingerprint density at radius 2 is 1.84 bits per heavy atom. The van der Waals surface area contributed by atoms with Crippen molar-refractivity contribution in [1.82, 2.24) is 0 Å². The van der Waals surface area contributed by atoms with Gasteiger partial charge < -0.3 is 9.84 Å². The summed E-state index contributed by atoms with van der Waals surface area (Å²) in [5.41, 5.74) is 1.06. The van der Waals surface area contributed by atoms with E-state index in [-0.39, 0.29) is 28.0 Å². The molecule has 0 saturated carbocycles. The average molecular weight is 301 g/mol. The number of ether oxygens (including phenoxy) is 1. The minimum atomic E-state index is -0.717. The molecule has 100 valence electrons. The van der Waals surface area contributed by atoms with Crippen LogP contribution in [0.3, 0.4) is 0 Å². The van der Waals surface area contributed by atoms with Gasteiger partial charge in [-0.3, -0.25) is 0 Å². The molecular weight excluding hydrogens is 290 g/mol. The van der Waals surface area contributed by atoms with Crippen LogP contribution in [-0.4, -0.2) is 5.11 Å². The third kappa shape index (κ3) is 3.18. The molecule has 0 aliphatic carbocycles. The predicted molar refractivity (Wildman–Crippen MR) is 73.1 cm³/mol. The number of hydrogen-bond donors (Lipinski definition) is 1. The predicted octanol–water partition coefficient (Wildman–Crippen LogP) is 4.20. The maximum absolute atomic E-state index is 13.9. The van der Waals surface area contributed by atoms with Crippen molar-refractivity contribution in [2.75, 3.05) is 0 Å². The fraction of sp³-hybridized carbons (Fsp3) is 0.143. The number of halogens is 3. The van der Waals surface area contributed by atoms with E-state index in [2.05, 4.69) is 0 Å². The molecule has 0 bridgehead atoms. The molecule has 0 heterocycles. The normalized spacial score (nSPS) is 10.5. The molecule has 0 fully saturated rings. The molecule has 2 nitrogen and oxygen atoms in total. The Balaban J connectivity index is 2.22. The molecule has 0 amide bonds. The molecule has 0 unspecified atom stereocenters. The zero-order valence-corrected chi connectivity index (χ0v) is 11.4. The van der Waals surface area contributed by atoms with E-state index >= 15 is 0 Å². The van der Waals surface area contributed by atoms with E-state index in [9.17, 15) is 4.39 Å². The second-order valence-corrected chi connectivity index (χ2v) is 4.68. The topological polar surface area (TPSA) is 29.5 Å². The van der Waals surface area contributed by atoms with Crippen LogP contribution in [0, 0.1) is 5.82 Å². The zero-order valence-electron chi connectivity index (χ0n) is 9.87. The molecule has 0 saturated heterocycles. The van der Waals surface area contributed by atoms with E-state index in [1.165, 1.54) is 6.07 Å². The third-order valence-corrected chi connectivity index (χ3v) is 3.35. The molecular formula is C14H11Cl2FO2. The van der Waals surface area contributed by atoms with Gasteiger partial charge in [-0.2, -0.15) is 0 Å². The van der Waals surface area contributed by atoms with Crippen molar-refractivity contribution < 1.29 is 14.2 Å². The van der Waals surface area contributed by atoms with Crippen LogP contribution >= 0.6 is 23.2 Å². The molecule has 2 aromatic rings. The lowest BCUT2D eigenvalue weighted by atomic mass is 10.2. The van der Waals surface area contributed by atoms with Crippen LogP contribution in [0.5, 0.6) is 5.75 Å². The summed E-state index contributed by atoms with van der Waals surface area (Å²) in [6.07, 6.45) is 0. The fourth-order valence-electron chi connectivity index (χ4n) is 1.60. The Kier molecular flexibility index (Phi) is 4.64. The summed E-state index contributed by atoms with van der Waals surface area (Å²) in [6.45, 7) is -0.212. The number of rotatable bonds is 4. The SMILES string of the molecule is OCc1c(Cl)cc(OCc2ccccc2)c(F)c1Cl. The molecule has 0 aliphatic heterocycles. The van der Waals surface area contributed by atoms with Crippen molar-refractivity contribution in [2.45, 2.75) is 13.2 Å². The van der Waals surface area contributed by atoms with Crippen molar-refractivity contribution in [3.63, 3.8) is 0 Å². The largest absolute Gasteiger partial charge is 0.486 e. The minimum Gasteiger partial charge on any atom is -0.486 e. The summed E-state index contributed by atoms with van der Waals surface area (Å²) < 4.78 is 19.3. The van der Waals surface area contributed by atoms with Crippen LogP contribution in [0.15, 0.2) is 36.4 Å². The Bertz CT molecular complexity index is 573. The van der Waals surface area contributed by atoms with Crippen LogP contribution < -0.4 is 4.74 Å². The molecule has 5 heteroatoms. The smallest absolute Gasteiger partial charge is 0.184 e. The molecule has 0 radical (unpaired) electrons. The third-order valence-electron chi connectivity index (χ3n) is 2.62. The van der Waals surface area contributed by atoms with Gasteiger partial charge in [0.05, 0.1) is 16.7 Å². The summed E-state index contributed by atoms with van der Waals surface area (Å²) in [5, 5.41) is 9.01. The van der Waals surface area contributed by atoms with Crippen LogP contribution in [0.2, 0.25) is 10.0 Å². The van der Waals surface area contributed by atoms with Gasteiger partial charge in [0.15, 0.2) is 11.6 Å². The Hall–Kier alpha value is -1.29. The highest BCUT2D eigenvalue weighted by molar-refractivity contribution is 6.36. The molecule has 2 aromatic carbocycles. The van der Waals surface area contributed by atoms with Gasteiger partial charge in [-0.15, -0.1) is 0 Å². The fourth-order valence-corrected chi connectivity index (χ4v) is 2.15. The van der Waals surface area contributed by atoms with Crippen molar-refractivity contribution in [3.8, 4) is 5.75 Å². The van der Waals surface area contributed by atoms with E-state index < -0.39 is 12.4 Å². The first kappa shape index (κ1) is 14.1. The first-order chi connectivity index (χ1) is 9.13. The van der Waals surface area contributed by atoms with Crippen molar-refractivity contribution >= 4 is 23.2 Å². The highest BCUT2D eigenvalue weighted by Gasteiger charge is 2.16. The van der Waals surface area contributed by atoms with E-state index in [1.54, 1.807) is 0 Å². The molecule has 1 N–H and O–H groups in total. The molecule has 0 spiro atoms. The maximum atomic E-state index is 13.9. The molecule has 0 aliphatic rings. The zero-order chi connectivity index (χ0) is 13.8. The minimum absolute atomic E-state index is 0.0314. The second-order valence-electron chi connectivity index (χ2n) is 3.90. The highest BCUT2D eigenvalue weighted by Crippen LogP contribution is 2.34. The van der Waals surface area contributed by atoms with Gasteiger partial charge >= 0.3 is 0 Å². The Labute approximate surface area is 120 Å². The maximum Gasteiger partial charge on any atom is 0.184 e. The lowest BCUT2D eigenvalue weighted by Crippen LogP contribution is -2.00. The van der Waals surface area contributed by atoms with Crippen LogP contribution in [0.1, 0.15) is 11.1 Å². The summed E-state index contributed by atoms with van der Waals surface area (Å²) in [5.74, 6) is -0.748. The Morgan fingerprint density at radius 1 is 1.16 bits per heavy atom. The molecule has 19 heavy (non-hydrogen) atoms. The van der Waals surface area contributed by atoms with Gasteiger partial charge in [0.1, 0.15) is 6.61 Å². The summed E-state index contributed by atoms with van der Waals surface area (Å²) in [6, 6.07) is 10.7. The van der Waals surface area contributed by atoms with Gasteiger partial charge in [0.25, 0.3) is 0 Å². The number of hydrogen-bond acceptors (Lipinski definition) is 2. The van der Waals surface area contributed by atoms with Crippen molar-refractivity contribution in [3.05, 3.63) is 63.4 Å². The monoisotopic (exact) mass is 300 g/mol. The first-order valence-corrected chi connectivity index (χ1v) is 6.33. The van der Waals surface area contributed by atoms with Gasteiger partial charge in [0.2, 0.25) is 0 Å². The molecule has 0 aromatic heterocycles. The summed E-state index contributed by atoms with van der Waals surface area (Å²) >= 11 is 11.7. The van der Waals surface area contributed by atoms with Crippen LogP contribution in [-0.2, 0) is 13.2 Å². The lowest BCUT2D eigenvalue weighted by Gasteiger charge is -2.11. The first-order valence-electron chi connectivity index (χ1n) is 5.57. The summed E-state index contributed by atoms with van der Waals surface area (Å²) in [7, 11) is 0.